The van der Waals surface area contributed by atoms with Gasteiger partial charge in [-0.15, -0.1) is 0 Å². The molecule has 0 aromatic heterocycles. The van der Waals surface area contributed by atoms with Gasteiger partial charge in [-0.3, -0.25) is 9.52 Å². The van der Waals surface area contributed by atoms with Gasteiger partial charge in [0.05, 0.1) is 27.7 Å². The summed E-state index contributed by atoms with van der Waals surface area (Å²) in [6.07, 6.45) is 0. The number of anilines is 1. The number of rotatable bonds is 8. The third-order valence-corrected chi connectivity index (χ3v) is 5.95. The van der Waals surface area contributed by atoms with E-state index in [4.69, 9.17) is 27.9 Å². The van der Waals surface area contributed by atoms with Crippen molar-refractivity contribution in [3.8, 4) is 5.75 Å². The molecular formula is C21H18Cl2N2O4S. The van der Waals surface area contributed by atoms with E-state index in [1.54, 1.807) is 42.5 Å². The Morgan fingerprint density at radius 1 is 0.933 bits per heavy atom. The number of nitrogens with one attached hydrogen (secondary N) is 2. The van der Waals surface area contributed by atoms with Gasteiger partial charge in [0.2, 0.25) is 0 Å². The number of sulfonamides is 1. The molecule has 0 radical (unpaired) electrons. The van der Waals surface area contributed by atoms with Gasteiger partial charge < -0.3 is 10.1 Å². The Morgan fingerprint density at radius 3 is 2.30 bits per heavy atom. The molecule has 0 saturated heterocycles. The fraction of sp³-hybridized carbons (Fsp3) is 0.0952. The van der Waals surface area contributed by atoms with Crippen LogP contribution in [0.4, 0.5) is 5.69 Å². The predicted molar refractivity (Wildman–Crippen MR) is 118 cm³/mol. The van der Waals surface area contributed by atoms with Crippen LogP contribution < -0.4 is 14.8 Å². The monoisotopic (exact) mass is 464 g/mol. The molecule has 9 heteroatoms. The van der Waals surface area contributed by atoms with Gasteiger partial charge in [0.1, 0.15) is 12.4 Å². The van der Waals surface area contributed by atoms with Crippen molar-refractivity contribution >= 4 is 44.8 Å². The number of carbonyl (C=O) groups is 1. The summed E-state index contributed by atoms with van der Waals surface area (Å²) >= 11 is 12.0. The molecule has 0 atom stereocenters. The Balaban J connectivity index is 1.56. The lowest BCUT2D eigenvalue weighted by atomic mass is 10.2. The summed E-state index contributed by atoms with van der Waals surface area (Å²) in [6, 6.07) is 19.2. The van der Waals surface area contributed by atoms with Gasteiger partial charge >= 0.3 is 0 Å². The smallest absolute Gasteiger partial charge is 0.261 e. The molecule has 0 aliphatic heterocycles. The third kappa shape index (κ3) is 5.89. The molecule has 0 spiro atoms. The predicted octanol–water partition coefficient (Wildman–Crippen LogP) is 4.60. The maximum atomic E-state index is 12.4. The van der Waals surface area contributed by atoms with E-state index >= 15 is 0 Å². The van der Waals surface area contributed by atoms with Gasteiger partial charge in [0.25, 0.3) is 15.9 Å². The molecule has 3 aromatic carbocycles. The van der Waals surface area contributed by atoms with Crippen LogP contribution in [0, 0.1) is 0 Å². The van der Waals surface area contributed by atoms with Gasteiger partial charge in [0.15, 0.2) is 0 Å². The highest BCUT2D eigenvalue weighted by molar-refractivity contribution is 7.92. The molecule has 1 amide bonds. The largest absolute Gasteiger partial charge is 0.492 e. The SMILES string of the molecule is O=C(NCCOc1ccc(Cl)cc1)c1ccc(NS(=O)(=O)c2ccccc2)cc1Cl. The van der Waals surface area contributed by atoms with Crippen molar-refractivity contribution < 1.29 is 17.9 Å². The quantitative estimate of drug-likeness (QED) is 0.476. The second-order valence-corrected chi connectivity index (χ2v) is 8.70. The lowest BCUT2D eigenvalue weighted by Crippen LogP contribution is -2.28. The molecule has 0 bridgehead atoms. The summed E-state index contributed by atoms with van der Waals surface area (Å²) in [4.78, 5) is 12.5. The topological polar surface area (TPSA) is 84.5 Å². The second-order valence-electron chi connectivity index (χ2n) is 6.17. The van der Waals surface area contributed by atoms with E-state index in [2.05, 4.69) is 10.0 Å². The molecule has 30 heavy (non-hydrogen) atoms. The van der Waals surface area contributed by atoms with Crippen molar-refractivity contribution in [3.05, 3.63) is 88.4 Å². The van der Waals surface area contributed by atoms with Crippen LogP contribution in [0.5, 0.6) is 5.75 Å². The zero-order valence-electron chi connectivity index (χ0n) is 15.6. The van der Waals surface area contributed by atoms with E-state index < -0.39 is 15.9 Å². The van der Waals surface area contributed by atoms with Crippen LogP contribution in [0.3, 0.4) is 0 Å². The van der Waals surface area contributed by atoms with E-state index in [0.717, 1.165) is 0 Å². The zero-order chi connectivity index (χ0) is 21.6. The van der Waals surface area contributed by atoms with E-state index in [-0.39, 0.29) is 34.3 Å². The van der Waals surface area contributed by atoms with Crippen molar-refractivity contribution in [2.75, 3.05) is 17.9 Å². The summed E-state index contributed by atoms with van der Waals surface area (Å²) in [6.45, 7) is 0.528. The molecule has 6 nitrogen and oxygen atoms in total. The third-order valence-electron chi connectivity index (χ3n) is 3.99. The number of hydrogen-bond acceptors (Lipinski definition) is 4. The van der Waals surface area contributed by atoms with Gasteiger partial charge in [-0.05, 0) is 54.6 Å². The minimum atomic E-state index is -3.74. The molecule has 0 unspecified atom stereocenters. The Hall–Kier alpha value is -2.74. The van der Waals surface area contributed by atoms with Crippen LogP contribution in [0.15, 0.2) is 77.7 Å². The molecule has 2 N–H and O–H groups in total. The lowest BCUT2D eigenvalue weighted by molar-refractivity contribution is 0.0947. The van der Waals surface area contributed by atoms with Crippen LogP contribution >= 0.6 is 23.2 Å². The van der Waals surface area contributed by atoms with E-state index in [1.807, 2.05) is 0 Å². The highest BCUT2D eigenvalue weighted by atomic mass is 35.5. The minimum Gasteiger partial charge on any atom is -0.492 e. The van der Waals surface area contributed by atoms with Gasteiger partial charge in [-0.2, -0.15) is 0 Å². The van der Waals surface area contributed by atoms with Crippen LogP contribution in [0.1, 0.15) is 10.4 Å². The summed E-state index contributed by atoms with van der Waals surface area (Å²) in [5.41, 5.74) is 0.484. The highest BCUT2D eigenvalue weighted by Gasteiger charge is 2.16. The average Bonchev–Trinajstić information content (AvgIpc) is 2.73. The van der Waals surface area contributed by atoms with Gasteiger partial charge in [0, 0.05) is 5.02 Å². The van der Waals surface area contributed by atoms with Crippen molar-refractivity contribution in [3.63, 3.8) is 0 Å². The number of halogens is 2. The fourth-order valence-corrected chi connectivity index (χ4v) is 4.00. The number of benzene rings is 3. The number of hydrogen-bond donors (Lipinski definition) is 2. The molecule has 0 heterocycles. The van der Waals surface area contributed by atoms with Crippen molar-refractivity contribution in [1.29, 1.82) is 0 Å². The Labute approximate surface area is 184 Å². The molecule has 3 rings (SSSR count). The molecule has 0 fully saturated rings. The Kier molecular flexibility index (Phi) is 7.20. The maximum absolute atomic E-state index is 12.4. The highest BCUT2D eigenvalue weighted by Crippen LogP contribution is 2.23. The van der Waals surface area contributed by atoms with Crippen molar-refractivity contribution in [2.24, 2.45) is 0 Å². The van der Waals surface area contributed by atoms with Gasteiger partial charge in [-0.25, -0.2) is 8.42 Å². The fourth-order valence-electron chi connectivity index (χ4n) is 2.54. The van der Waals surface area contributed by atoms with E-state index in [1.165, 1.54) is 30.3 Å². The Bertz CT molecular complexity index is 1120. The van der Waals surface area contributed by atoms with E-state index in [0.29, 0.717) is 10.8 Å². The molecular weight excluding hydrogens is 447 g/mol. The summed E-state index contributed by atoms with van der Waals surface area (Å²) in [5.74, 6) is 0.249. The first kappa shape index (κ1) is 22.0. The number of ether oxygens (including phenoxy) is 1. The van der Waals surface area contributed by atoms with Crippen LogP contribution in [-0.4, -0.2) is 27.5 Å². The minimum absolute atomic E-state index is 0.124. The first-order chi connectivity index (χ1) is 14.3. The van der Waals surface area contributed by atoms with Crippen LogP contribution in [0.2, 0.25) is 10.0 Å². The summed E-state index contributed by atoms with van der Waals surface area (Å²) in [5, 5.41) is 3.44. The number of carbonyl (C=O) groups excluding carboxylic acids is 1. The maximum Gasteiger partial charge on any atom is 0.261 e. The first-order valence-electron chi connectivity index (χ1n) is 8.89. The zero-order valence-corrected chi connectivity index (χ0v) is 18.0. The van der Waals surface area contributed by atoms with Crippen LogP contribution in [-0.2, 0) is 10.0 Å². The van der Waals surface area contributed by atoms with E-state index in [9.17, 15) is 13.2 Å². The number of amides is 1. The lowest BCUT2D eigenvalue weighted by Gasteiger charge is -2.11. The summed E-state index contributed by atoms with van der Waals surface area (Å²) < 4.78 is 32.7. The molecule has 3 aromatic rings. The molecule has 0 aliphatic rings. The van der Waals surface area contributed by atoms with Crippen molar-refractivity contribution in [1.82, 2.24) is 5.32 Å². The Morgan fingerprint density at radius 2 is 1.63 bits per heavy atom. The molecule has 0 aliphatic carbocycles. The first-order valence-corrected chi connectivity index (χ1v) is 11.1. The summed E-state index contributed by atoms with van der Waals surface area (Å²) in [7, 11) is -3.74. The second kappa shape index (κ2) is 9.84. The van der Waals surface area contributed by atoms with Crippen LogP contribution in [0.25, 0.3) is 0 Å². The average molecular weight is 465 g/mol. The van der Waals surface area contributed by atoms with Crippen molar-refractivity contribution in [2.45, 2.75) is 4.90 Å². The standard InChI is InChI=1S/C21H18Cl2N2O4S/c22-15-6-9-17(10-7-15)29-13-12-24-21(26)19-11-8-16(14-20(19)23)25-30(27,28)18-4-2-1-3-5-18/h1-11,14,25H,12-13H2,(H,24,26). The van der Waals surface area contributed by atoms with Gasteiger partial charge in [-0.1, -0.05) is 41.4 Å². The molecule has 156 valence electrons. The molecule has 0 saturated carbocycles. The normalized spacial score (nSPS) is 11.0.